The number of amides is 5. The fourth-order valence-corrected chi connectivity index (χ4v) is 5.15. The molecule has 0 saturated carbocycles. The number of nitrogens with zero attached hydrogens (tertiary/aromatic N) is 6. The molecule has 2 fully saturated rings. The van der Waals surface area contributed by atoms with Crippen LogP contribution >= 0.6 is 0 Å². The molecular formula is C25H31N7O5. The zero-order valence-electron chi connectivity index (χ0n) is 20.7. The SMILES string of the molecule is [N-]=[N+]=NCCCCCCCC(=O)N1CCN(c2cccc3c2C(=O)N(C2CCC(=O)NC2=O)C3=O)CC1. The molecule has 1 aromatic rings. The predicted octanol–water partition coefficient (Wildman–Crippen LogP) is 2.39. The average Bonchev–Trinajstić information content (AvgIpc) is 3.15. The van der Waals surface area contributed by atoms with E-state index in [9.17, 15) is 24.0 Å². The normalized spacial score (nSPS) is 19.6. The Labute approximate surface area is 214 Å². The van der Waals surface area contributed by atoms with E-state index in [0.717, 1.165) is 37.0 Å². The number of carbonyl (C=O) groups excluding carboxylic acids is 5. The van der Waals surface area contributed by atoms with Crippen LogP contribution in [-0.4, -0.2) is 78.1 Å². The Balaban J connectivity index is 1.31. The standard InChI is InChI=1S/C25H31N7O5/c26-29-27-12-5-3-1-2-4-9-21(34)31-15-13-30(14-16-31)18-8-6-7-17-22(18)25(37)32(24(17)36)19-10-11-20(33)28-23(19)35/h6-8,19H,1-5,9-16H2,(H,28,33,35). The molecule has 196 valence electrons. The number of hydrogen-bond donors (Lipinski definition) is 1. The molecule has 1 unspecified atom stereocenters. The molecule has 0 spiro atoms. The zero-order valence-corrected chi connectivity index (χ0v) is 20.7. The summed E-state index contributed by atoms with van der Waals surface area (Å²) in [5, 5.41) is 5.73. The first-order chi connectivity index (χ1) is 17.9. The average molecular weight is 510 g/mol. The van der Waals surface area contributed by atoms with Crippen molar-refractivity contribution in [2.24, 2.45) is 5.11 Å². The summed E-state index contributed by atoms with van der Waals surface area (Å²) in [5.41, 5.74) is 9.43. The lowest BCUT2D eigenvalue weighted by molar-refractivity contribution is -0.136. The summed E-state index contributed by atoms with van der Waals surface area (Å²) in [6.07, 6.45) is 5.30. The number of azide groups is 1. The van der Waals surface area contributed by atoms with Crippen molar-refractivity contribution in [3.63, 3.8) is 0 Å². The summed E-state index contributed by atoms with van der Waals surface area (Å²) < 4.78 is 0. The van der Waals surface area contributed by atoms with Gasteiger partial charge in [0, 0.05) is 50.5 Å². The third-order valence-corrected chi connectivity index (χ3v) is 7.13. The van der Waals surface area contributed by atoms with Crippen LogP contribution in [0.3, 0.4) is 0 Å². The van der Waals surface area contributed by atoms with Crippen molar-refractivity contribution >= 4 is 35.2 Å². The molecule has 0 aromatic heterocycles. The van der Waals surface area contributed by atoms with Gasteiger partial charge in [0.2, 0.25) is 17.7 Å². The van der Waals surface area contributed by atoms with Crippen LogP contribution in [0.25, 0.3) is 10.4 Å². The lowest BCUT2D eigenvalue weighted by atomic mass is 10.0. The smallest absolute Gasteiger partial charge is 0.264 e. The number of hydrogen-bond acceptors (Lipinski definition) is 7. The number of anilines is 1. The summed E-state index contributed by atoms with van der Waals surface area (Å²) in [6.45, 7) is 2.61. The Kier molecular flexibility index (Phi) is 8.39. The highest BCUT2D eigenvalue weighted by atomic mass is 16.2. The van der Waals surface area contributed by atoms with Gasteiger partial charge in [-0.05, 0) is 36.9 Å². The van der Waals surface area contributed by atoms with Crippen molar-refractivity contribution < 1.29 is 24.0 Å². The van der Waals surface area contributed by atoms with Gasteiger partial charge in [0.15, 0.2) is 0 Å². The molecular weight excluding hydrogens is 478 g/mol. The van der Waals surface area contributed by atoms with Crippen molar-refractivity contribution in [2.45, 2.75) is 57.4 Å². The van der Waals surface area contributed by atoms with Gasteiger partial charge >= 0.3 is 0 Å². The van der Waals surface area contributed by atoms with Crippen molar-refractivity contribution in [1.29, 1.82) is 0 Å². The first-order valence-corrected chi connectivity index (χ1v) is 12.8. The Hall–Kier alpha value is -3.92. The van der Waals surface area contributed by atoms with E-state index >= 15 is 0 Å². The second-order valence-corrected chi connectivity index (χ2v) is 9.49. The number of unbranched alkanes of at least 4 members (excludes halogenated alkanes) is 4. The van der Waals surface area contributed by atoms with E-state index in [4.69, 9.17) is 5.53 Å². The number of benzene rings is 1. The van der Waals surface area contributed by atoms with Crippen molar-refractivity contribution in [3.8, 4) is 0 Å². The minimum atomic E-state index is -1.00. The van der Waals surface area contributed by atoms with Gasteiger partial charge in [-0.25, -0.2) is 0 Å². The molecule has 37 heavy (non-hydrogen) atoms. The maximum atomic E-state index is 13.3. The van der Waals surface area contributed by atoms with Gasteiger partial charge in [-0.15, -0.1) is 0 Å². The largest absolute Gasteiger partial charge is 0.367 e. The number of piperazine rings is 1. The Bertz CT molecular complexity index is 1140. The van der Waals surface area contributed by atoms with Gasteiger partial charge in [0.05, 0.1) is 16.8 Å². The van der Waals surface area contributed by atoms with E-state index in [1.54, 1.807) is 18.2 Å². The number of nitrogens with one attached hydrogen (secondary N) is 1. The molecule has 2 saturated heterocycles. The number of fused-ring (bicyclic) bond motifs is 1. The summed E-state index contributed by atoms with van der Waals surface area (Å²) in [6, 6.07) is 4.09. The Morgan fingerprint density at radius 2 is 1.73 bits per heavy atom. The predicted molar refractivity (Wildman–Crippen MR) is 134 cm³/mol. The summed E-state index contributed by atoms with van der Waals surface area (Å²) in [4.78, 5) is 70.5. The highest BCUT2D eigenvalue weighted by molar-refractivity contribution is 6.25. The van der Waals surface area contributed by atoms with Crippen LogP contribution in [0.2, 0.25) is 0 Å². The number of rotatable bonds is 10. The van der Waals surface area contributed by atoms with Gasteiger partial charge in [0.25, 0.3) is 11.8 Å². The Morgan fingerprint density at radius 3 is 2.46 bits per heavy atom. The van der Waals surface area contributed by atoms with E-state index in [0.29, 0.717) is 44.8 Å². The molecule has 1 N–H and O–H groups in total. The lowest BCUT2D eigenvalue weighted by Crippen LogP contribution is -2.54. The van der Waals surface area contributed by atoms with Gasteiger partial charge < -0.3 is 9.80 Å². The number of carbonyl (C=O) groups is 5. The van der Waals surface area contributed by atoms with Crippen LogP contribution in [0.15, 0.2) is 23.3 Å². The second-order valence-electron chi connectivity index (χ2n) is 9.49. The van der Waals surface area contributed by atoms with E-state index < -0.39 is 29.7 Å². The van der Waals surface area contributed by atoms with Crippen molar-refractivity contribution in [2.75, 3.05) is 37.6 Å². The number of piperidine rings is 1. The third-order valence-electron chi connectivity index (χ3n) is 7.13. The van der Waals surface area contributed by atoms with Crippen LogP contribution in [0.1, 0.15) is 72.1 Å². The van der Waals surface area contributed by atoms with Crippen LogP contribution in [0, 0.1) is 0 Å². The quantitative estimate of drug-likeness (QED) is 0.168. The monoisotopic (exact) mass is 509 g/mol. The summed E-state index contributed by atoms with van der Waals surface area (Å²) in [5.74, 6) is -1.98. The maximum absolute atomic E-state index is 13.3. The van der Waals surface area contributed by atoms with Crippen LogP contribution in [0.4, 0.5) is 5.69 Å². The van der Waals surface area contributed by atoms with Gasteiger partial charge in [-0.2, -0.15) is 0 Å². The third kappa shape index (κ3) is 5.75. The van der Waals surface area contributed by atoms with Crippen molar-refractivity contribution in [3.05, 3.63) is 39.8 Å². The fourth-order valence-electron chi connectivity index (χ4n) is 5.15. The molecule has 1 atom stereocenters. The van der Waals surface area contributed by atoms with Crippen LogP contribution in [0.5, 0.6) is 0 Å². The topological polar surface area (TPSA) is 156 Å². The first-order valence-electron chi connectivity index (χ1n) is 12.8. The Morgan fingerprint density at radius 1 is 1.00 bits per heavy atom. The van der Waals surface area contributed by atoms with E-state index in [2.05, 4.69) is 15.3 Å². The molecule has 3 aliphatic heterocycles. The molecule has 12 heteroatoms. The van der Waals surface area contributed by atoms with Crippen molar-refractivity contribution in [1.82, 2.24) is 15.1 Å². The molecule has 0 aliphatic carbocycles. The molecule has 4 rings (SSSR count). The molecule has 0 bridgehead atoms. The minimum absolute atomic E-state index is 0.0735. The molecule has 3 heterocycles. The van der Waals surface area contributed by atoms with E-state index in [1.807, 2.05) is 9.80 Å². The summed E-state index contributed by atoms with van der Waals surface area (Å²) in [7, 11) is 0. The maximum Gasteiger partial charge on any atom is 0.264 e. The van der Waals surface area contributed by atoms with Gasteiger partial charge in [-0.3, -0.25) is 34.2 Å². The van der Waals surface area contributed by atoms with E-state index in [-0.39, 0.29) is 29.9 Å². The lowest BCUT2D eigenvalue weighted by Gasteiger charge is -2.37. The molecule has 1 aromatic carbocycles. The highest BCUT2D eigenvalue weighted by Gasteiger charge is 2.46. The minimum Gasteiger partial charge on any atom is -0.367 e. The van der Waals surface area contributed by atoms with Crippen LogP contribution < -0.4 is 10.2 Å². The summed E-state index contributed by atoms with van der Waals surface area (Å²) >= 11 is 0. The van der Waals surface area contributed by atoms with E-state index in [1.165, 1.54) is 0 Å². The molecule has 5 amide bonds. The highest BCUT2D eigenvalue weighted by Crippen LogP contribution is 2.34. The number of imide groups is 2. The fraction of sp³-hybridized carbons (Fsp3) is 0.560. The molecule has 3 aliphatic rings. The zero-order chi connectivity index (χ0) is 26.4. The second kappa shape index (κ2) is 11.9. The molecule has 12 nitrogen and oxygen atoms in total. The van der Waals surface area contributed by atoms with Gasteiger partial charge in [0.1, 0.15) is 6.04 Å². The first kappa shape index (κ1) is 26.2. The van der Waals surface area contributed by atoms with Crippen LogP contribution in [-0.2, 0) is 14.4 Å². The van der Waals surface area contributed by atoms with Gasteiger partial charge in [-0.1, -0.05) is 30.4 Å². The molecule has 0 radical (unpaired) electrons.